The molecular weight excluding hydrogens is 266 g/mol. The average Bonchev–Trinajstić information content (AvgIpc) is 2.58. The molecule has 1 fully saturated rings. The fraction of sp³-hybridized carbons (Fsp3) is 0.381. The number of fused-ring (bicyclic) bond motifs is 2. The average molecular weight is 290 g/mol. The van der Waals surface area contributed by atoms with E-state index < -0.39 is 0 Å². The Morgan fingerprint density at radius 1 is 0.818 bits per heavy atom. The highest BCUT2D eigenvalue weighted by molar-refractivity contribution is 5.74. The molecule has 0 unspecified atom stereocenters. The zero-order valence-corrected chi connectivity index (χ0v) is 13.5. The predicted octanol–water partition coefficient (Wildman–Crippen LogP) is 4.65. The first-order valence-electron chi connectivity index (χ1n) is 8.36. The minimum absolute atomic E-state index is 0.247. The molecule has 3 aliphatic rings. The van der Waals surface area contributed by atoms with Crippen LogP contribution in [0.15, 0.2) is 54.6 Å². The van der Waals surface area contributed by atoms with Crippen molar-refractivity contribution in [1.29, 1.82) is 0 Å². The maximum Gasteiger partial charge on any atom is 0.159 e. The van der Waals surface area contributed by atoms with Gasteiger partial charge in [0.05, 0.1) is 5.41 Å². The van der Waals surface area contributed by atoms with Gasteiger partial charge in [-0.15, -0.1) is 0 Å². The maximum absolute atomic E-state index is 2.50. The van der Waals surface area contributed by atoms with E-state index in [9.17, 15) is 0 Å². The summed E-state index contributed by atoms with van der Waals surface area (Å²) in [6, 6.07) is 19.9. The lowest BCUT2D eigenvalue weighted by Gasteiger charge is -2.45. The molecule has 2 aliphatic heterocycles. The SMILES string of the molecule is C[N+]1=CC2(c3cccc(-c4ccccc4)c3)CCC1(C)CC2. The van der Waals surface area contributed by atoms with Crippen molar-refractivity contribution in [3.8, 4) is 11.1 Å². The van der Waals surface area contributed by atoms with Gasteiger partial charge in [0.1, 0.15) is 7.05 Å². The lowest BCUT2D eigenvalue weighted by atomic mass is 9.62. The van der Waals surface area contributed by atoms with Crippen molar-refractivity contribution in [2.75, 3.05) is 7.05 Å². The number of hydrogen-bond acceptors (Lipinski definition) is 0. The Labute approximate surface area is 133 Å². The van der Waals surface area contributed by atoms with E-state index in [-0.39, 0.29) is 5.41 Å². The zero-order valence-electron chi connectivity index (χ0n) is 13.5. The summed E-state index contributed by atoms with van der Waals surface area (Å²) in [4.78, 5) is 0. The summed E-state index contributed by atoms with van der Waals surface area (Å²) in [6.07, 6.45) is 7.67. The molecule has 0 amide bonds. The first kappa shape index (κ1) is 13.8. The molecule has 0 N–H and O–H groups in total. The van der Waals surface area contributed by atoms with Gasteiger partial charge in [0, 0.05) is 19.8 Å². The Bertz CT molecular complexity index is 719. The topological polar surface area (TPSA) is 3.01 Å². The van der Waals surface area contributed by atoms with Crippen LogP contribution in [0.4, 0.5) is 0 Å². The minimum atomic E-state index is 0.247. The molecule has 1 saturated carbocycles. The fourth-order valence-corrected chi connectivity index (χ4v) is 4.25. The third-order valence-electron chi connectivity index (χ3n) is 6.06. The number of nitrogens with zero attached hydrogens (tertiary/aromatic N) is 1. The summed E-state index contributed by atoms with van der Waals surface area (Å²) in [7, 11) is 2.26. The molecule has 2 aromatic carbocycles. The number of hydrogen-bond donors (Lipinski definition) is 0. The van der Waals surface area contributed by atoms with Crippen LogP contribution in [0.3, 0.4) is 0 Å². The zero-order chi connectivity index (χ0) is 15.2. The van der Waals surface area contributed by atoms with Crippen LogP contribution in [0, 0.1) is 0 Å². The summed E-state index contributed by atoms with van der Waals surface area (Å²) in [5.41, 5.74) is 4.77. The van der Waals surface area contributed by atoms with Gasteiger partial charge in [-0.2, -0.15) is 0 Å². The van der Waals surface area contributed by atoms with Crippen LogP contribution >= 0.6 is 0 Å². The molecule has 0 aromatic heterocycles. The van der Waals surface area contributed by atoms with Gasteiger partial charge < -0.3 is 0 Å². The van der Waals surface area contributed by atoms with Gasteiger partial charge in [-0.1, -0.05) is 54.6 Å². The molecule has 1 nitrogen and oxygen atoms in total. The van der Waals surface area contributed by atoms with Crippen LogP contribution in [0.1, 0.15) is 38.2 Å². The second-order valence-electron chi connectivity index (χ2n) is 7.34. The molecule has 112 valence electrons. The monoisotopic (exact) mass is 290 g/mol. The Kier molecular flexibility index (Phi) is 3.00. The molecule has 1 aliphatic carbocycles. The van der Waals surface area contributed by atoms with Crippen LogP contribution in [0.2, 0.25) is 0 Å². The second kappa shape index (κ2) is 4.81. The van der Waals surface area contributed by atoms with E-state index in [1.165, 1.54) is 42.4 Å². The standard InChI is InChI=1S/C21H24N/c1-20-11-13-21(14-12-20,16-22(20)2)19-10-6-9-18(15-19)17-7-4-3-5-8-17/h3-10,15-16H,11-14H2,1-2H3/q+1. The van der Waals surface area contributed by atoms with Gasteiger partial charge in [0.15, 0.2) is 11.8 Å². The van der Waals surface area contributed by atoms with Crippen LogP contribution in [0.5, 0.6) is 0 Å². The Hall–Kier alpha value is -1.89. The molecule has 2 heterocycles. The summed E-state index contributed by atoms with van der Waals surface area (Å²) >= 11 is 0. The summed E-state index contributed by atoms with van der Waals surface area (Å²) in [5, 5.41) is 0. The molecule has 2 bridgehead atoms. The first-order valence-corrected chi connectivity index (χ1v) is 8.36. The van der Waals surface area contributed by atoms with Gasteiger partial charge in [-0.05, 0) is 29.5 Å². The molecule has 5 rings (SSSR count). The minimum Gasteiger partial charge on any atom is -0.236 e. The highest BCUT2D eigenvalue weighted by Crippen LogP contribution is 2.47. The molecule has 22 heavy (non-hydrogen) atoms. The highest BCUT2D eigenvalue weighted by Gasteiger charge is 2.52. The molecule has 1 heteroatoms. The smallest absolute Gasteiger partial charge is 0.159 e. The van der Waals surface area contributed by atoms with Crippen molar-refractivity contribution in [3.63, 3.8) is 0 Å². The van der Waals surface area contributed by atoms with E-state index in [4.69, 9.17) is 0 Å². The maximum atomic E-state index is 2.50. The molecule has 2 aromatic rings. The van der Waals surface area contributed by atoms with E-state index >= 15 is 0 Å². The third-order valence-corrected chi connectivity index (χ3v) is 6.06. The van der Waals surface area contributed by atoms with Gasteiger partial charge in [0.25, 0.3) is 0 Å². The van der Waals surface area contributed by atoms with Crippen LogP contribution in [-0.4, -0.2) is 23.4 Å². The van der Waals surface area contributed by atoms with Crippen molar-refractivity contribution in [1.82, 2.24) is 0 Å². The lowest BCUT2D eigenvalue weighted by molar-refractivity contribution is -0.592. The van der Waals surface area contributed by atoms with Gasteiger partial charge in [0.2, 0.25) is 0 Å². The Morgan fingerprint density at radius 3 is 2.18 bits per heavy atom. The van der Waals surface area contributed by atoms with Crippen molar-refractivity contribution < 1.29 is 4.58 Å². The van der Waals surface area contributed by atoms with Gasteiger partial charge in [-0.25, -0.2) is 4.58 Å². The van der Waals surface area contributed by atoms with Crippen molar-refractivity contribution in [2.45, 2.75) is 43.6 Å². The van der Waals surface area contributed by atoms with E-state index in [2.05, 4.69) is 79.4 Å². The fourth-order valence-electron chi connectivity index (χ4n) is 4.25. The van der Waals surface area contributed by atoms with Crippen LogP contribution < -0.4 is 0 Å². The Balaban J connectivity index is 1.78. The van der Waals surface area contributed by atoms with E-state index in [0.717, 1.165) is 0 Å². The summed E-state index contributed by atoms with van der Waals surface area (Å²) < 4.78 is 2.48. The molecule has 0 atom stereocenters. The molecule has 0 radical (unpaired) electrons. The largest absolute Gasteiger partial charge is 0.236 e. The third kappa shape index (κ3) is 2.03. The Morgan fingerprint density at radius 2 is 1.50 bits per heavy atom. The first-order chi connectivity index (χ1) is 10.6. The highest BCUT2D eigenvalue weighted by atomic mass is 15.1. The molecular formula is C21H24N+. The van der Waals surface area contributed by atoms with Crippen molar-refractivity contribution in [2.24, 2.45) is 0 Å². The predicted molar refractivity (Wildman–Crippen MR) is 92.7 cm³/mol. The molecule has 0 spiro atoms. The van der Waals surface area contributed by atoms with Gasteiger partial charge >= 0.3 is 0 Å². The second-order valence-corrected chi connectivity index (χ2v) is 7.34. The summed E-state index contributed by atoms with van der Waals surface area (Å²) in [6.45, 7) is 2.41. The van der Waals surface area contributed by atoms with Crippen molar-refractivity contribution in [3.05, 3.63) is 60.2 Å². The number of rotatable bonds is 2. The van der Waals surface area contributed by atoms with Crippen molar-refractivity contribution >= 4 is 6.21 Å². The van der Waals surface area contributed by atoms with Gasteiger partial charge in [-0.3, -0.25) is 0 Å². The lowest BCUT2D eigenvalue weighted by Crippen LogP contribution is -2.54. The molecule has 0 saturated heterocycles. The number of benzene rings is 2. The van der Waals surface area contributed by atoms with E-state index in [1.54, 1.807) is 0 Å². The van der Waals surface area contributed by atoms with Crippen LogP contribution in [0.25, 0.3) is 11.1 Å². The van der Waals surface area contributed by atoms with E-state index in [0.29, 0.717) is 5.54 Å². The normalized spacial score (nSPS) is 30.2. The summed E-state index contributed by atoms with van der Waals surface area (Å²) in [5.74, 6) is 0. The quantitative estimate of drug-likeness (QED) is 0.708. The van der Waals surface area contributed by atoms with Crippen LogP contribution in [-0.2, 0) is 5.41 Å². The van der Waals surface area contributed by atoms with E-state index in [1.807, 2.05) is 0 Å².